The quantitative estimate of drug-likeness (QED) is 0.898. The summed E-state index contributed by atoms with van der Waals surface area (Å²) in [5, 5.41) is 9.03. The lowest BCUT2D eigenvalue weighted by molar-refractivity contribution is 0.242. The summed E-state index contributed by atoms with van der Waals surface area (Å²) in [6.45, 7) is 9.07. The van der Waals surface area contributed by atoms with Gasteiger partial charge in [-0.05, 0) is 45.4 Å². The van der Waals surface area contributed by atoms with E-state index in [0.29, 0.717) is 0 Å². The summed E-state index contributed by atoms with van der Waals surface area (Å²) in [5.41, 5.74) is 6.53. The Morgan fingerprint density at radius 3 is 2.67 bits per heavy atom. The van der Waals surface area contributed by atoms with Crippen LogP contribution < -0.4 is 10.6 Å². The Morgan fingerprint density at radius 1 is 1.33 bits per heavy atom. The van der Waals surface area contributed by atoms with Gasteiger partial charge in [0.25, 0.3) is 0 Å². The van der Waals surface area contributed by atoms with E-state index in [2.05, 4.69) is 20.9 Å². The Bertz CT molecular complexity index is 498. The van der Waals surface area contributed by atoms with Gasteiger partial charge in [-0.1, -0.05) is 0 Å². The van der Waals surface area contributed by atoms with Gasteiger partial charge in [0.05, 0.1) is 17.2 Å². The van der Waals surface area contributed by atoms with E-state index >= 15 is 0 Å². The van der Waals surface area contributed by atoms with E-state index < -0.39 is 0 Å². The zero-order chi connectivity index (χ0) is 15.3. The summed E-state index contributed by atoms with van der Waals surface area (Å²) in [5.74, 6) is 0.905. The number of nitrogens with two attached hydrogens (primary N) is 1. The summed E-state index contributed by atoms with van der Waals surface area (Å²) in [6, 6.07) is 6.13. The fraction of sp³-hybridized carbons (Fsp3) is 0.625. The second-order valence-electron chi connectivity index (χ2n) is 6.34. The summed E-state index contributed by atoms with van der Waals surface area (Å²) in [7, 11) is 0. The van der Waals surface area contributed by atoms with Crippen molar-refractivity contribution in [1.82, 2.24) is 9.88 Å². The number of nitrogens with zero attached hydrogens (tertiary/aromatic N) is 4. The lowest BCUT2D eigenvalue weighted by Crippen LogP contribution is -2.47. The highest BCUT2D eigenvalue weighted by atomic mass is 15.3. The van der Waals surface area contributed by atoms with Crippen molar-refractivity contribution in [1.29, 1.82) is 5.26 Å². The highest BCUT2D eigenvalue weighted by Gasteiger charge is 2.21. The first-order chi connectivity index (χ1) is 10.0. The number of hydrogen-bond donors (Lipinski definition) is 1. The molecule has 2 N–H and O–H groups in total. The van der Waals surface area contributed by atoms with Crippen LogP contribution in [0.2, 0.25) is 0 Å². The number of pyridine rings is 1. The number of aromatic nitrogens is 1. The van der Waals surface area contributed by atoms with E-state index in [1.807, 2.05) is 26.0 Å². The van der Waals surface area contributed by atoms with Crippen LogP contribution in [0.15, 0.2) is 18.3 Å². The molecule has 1 aromatic heterocycles. The maximum absolute atomic E-state index is 9.03. The Hall–Kier alpha value is -1.80. The molecule has 114 valence electrons. The zero-order valence-corrected chi connectivity index (χ0v) is 13.0. The fourth-order valence-electron chi connectivity index (χ4n) is 2.66. The molecule has 2 rings (SSSR count). The molecule has 1 aliphatic rings. The molecule has 1 saturated heterocycles. The van der Waals surface area contributed by atoms with Crippen LogP contribution in [0, 0.1) is 16.7 Å². The maximum Gasteiger partial charge on any atom is 0.151 e. The van der Waals surface area contributed by atoms with Crippen LogP contribution >= 0.6 is 0 Å². The van der Waals surface area contributed by atoms with E-state index in [9.17, 15) is 0 Å². The first kappa shape index (κ1) is 15.6. The topological polar surface area (TPSA) is 69.2 Å². The highest BCUT2D eigenvalue weighted by molar-refractivity contribution is 5.62. The maximum atomic E-state index is 9.03. The van der Waals surface area contributed by atoms with Crippen LogP contribution in [-0.4, -0.2) is 42.6 Å². The Kier molecular flexibility index (Phi) is 5.03. The molecule has 1 aliphatic heterocycles. The van der Waals surface area contributed by atoms with Crippen molar-refractivity contribution in [2.75, 3.05) is 43.4 Å². The SMILES string of the molecule is CC(C)(C#N)CCCN1CCN(c2ncccc2N)CC1. The lowest BCUT2D eigenvalue weighted by atomic mass is 9.90. The molecule has 0 spiro atoms. The number of rotatable bonds is 5. The number of nitrogen functional groups attached to an aromatic ring is 1. The van der Waals surface area contributed by atoms with Crippen LogP contribution in [0.25, 0.3) is 0 Å². The van der Waals surface area contributed by atoms with Crippen molar-refractivity contribution in [2.45, 2.75) is 26.7 Å². The summed E-state index contributed by atoms with van der Waals surface area (Å²) < 4.78 is 0. The van der Waals surface area contributed by atoms with Crippen LogP contribution in [0.3, 0.4) is 0 Å². The van der Waals surface area contributed by atoms with E-state index in [1.54, 1.807) is 6.20 Å². The minimum absolute atomic E-state index is 0.204. The van der Waals surface area contributed by atoms with Crippen LogP contribution in [0.5, 0.6) is 0 Å². The number of hydrogen-bond acceptors (Lipinski definition) is 5. The highest BCUT2D eigenvalue weighted by Crippen LogP contribution is 2.22. The molecular formula is C16H25N5. The van der Waals surface area contributed by atoms with Gasteiger partial charge in [0.1, 0.15) is 0 Å². The summed E-state index contributed by atoms with van der Waals surface area (Å²) in [4.78, 5) is 9.10. The molecule has 0 amide bonds. The largest absolute Gasteiger partial charge is 0.396 e. The molecule has 0 unspecified atom stereocenters. The van der Waals surface area contributed by atoms with Crippen LogP contribution in [0.4, 0.5) is 11.5 Å². The van der Waals surface area contributed by atoms with Crippen LogP contribution in [-0.2, 0) is 0 Å². The van der Waals surface area contributed by atoms with Gasteiger partial charge in [0.2, 0.25) is 0 Å². The molecule has 0 aromatic carbocycles. The average molecular weight is 287 g/mol. The lowest BCUT2D eigenvalue weighted by Gasteiger charge is -2.36. The monoisotopic (exact) mass is 287 g/mol. The number of piperazine rings is 1. The Balaban J connectivity index is 1.77. The zero-order valence-electron chi connectivity index (χ0n) is 13.0. The molecule has 1 aromatic rings. The molecular weight excluding hydrogens is 262 g/mol. The minimum Gasteiger partial charge on any atom is -0.396 e. The van der Waals surface area contributed by atoms with Crippen molar-refractivity contribution < 1.29 is 0 Å². The van der Waals surface area contributed by atoms with Gasteiger partial charge >= 0.3 is 0 Å². The molecule has 0 bridgehead atoms. The standard InChI is InChI=1S/C16H25N5/c1-16(2,13-17)6-4-8-20-9-11-21(12-10-20)15-14(18)5-3-7-19-15/h3,5,7H,4,6,8-12,18H2,1-2H3. The molecule has 0 aliphatic carbocycles. The van der Waals surface area contributed by atoms with Gasteiger partial charge in [-0.15, -0.1) is 0 Å². The predicted molar refractivity (Wildman–Crippen MR) is 85.9 cm³/mol. The van der Waals surface area contributed by atoms with Gasteiger partial charge < -0.3 is 10.6 Å². The Morgan fingerprint density at radius 2 is 2.05 bits per heavy atom. The van der Waals surface area contributed by atoms with Gasteiger partial charge in [0, 0.05) is 32.4 Å². The number of anilines is 2. The molecule has 5 heteroatoms. The second-order valence-corrected chi connectivity index (χ2v) is 6.34. The molecule has 0 saturated carbocycles. The first-order valence-corrected chi connectivity index (χ1v) is 7.61. The normalized spacial score (nSPS) is 16.7. The predicted octanol–water partition coefficient (Wildman–Crippen LogP) is 2.12. The van der Waals surface area contributed by atoms with Crippen molar-refractivity contribution in [3.8, 4) is 6.07 Å². The van der Waals surface area contributed by atoms with E-state index in [4.69, 9.17) is 11.0 Å². The number of nitriles is 1. The van der Waals surface area contributed by atoms with E-state index in [-0.39, 0.29) is 5.41 Å². The van der Waals surface area contributed by atoms with Crippen molar-refractivity contribution in [3.05, 3.63) is 18.3 Å². The molecule has 0 radical (unpaired) electrons. The van der Waals surface area contributed by atoms with Gasteiger partial charge in [-0.3, -0.25) is 4.90 Å². The molecule has 21 heavy (non-hydrogen) atoms. The third-order valence-electron chi connectivity index (χ3n) is 4.07. The van der Waals surface area contributed by atoms with Gasteiger partial charge in [-0.25, -0.2) is 4.98 Å². The van der Waals surface area contributed by atoms with Crippen molar-refractivity contribution >= 4 is 11.5 Å². The summed E-state index contributed by atoms with van der Waals surface area (Å²) in [6.07, 6.45) is 3.82. The Labute approximate surface area is 127 Å². The van der Waals surface area contributed by atoms with E-state index in [1.165, 1.54) is 0 Å². The smallest absolute Gasteiger partial charge is 0.151 e. The van der Waals surface area contributed by atoms with Gasteiger partial charge in [0.15, 0.2) is 5.82 Å². The fourth-order valence-corrected chi connectivity index (χ4v) is 2.66. The molecule has 5 nitrogen and oxygen atoms in total. The van der Waals surface area contributed by atoms with Crippen molar-refractivity contribution in [3.63, 3.8) is 0 Å². The molecule has 2 heterocycles. The first-order valence-electron chi connectivity index (χ1n) is 7.61. The van der Waals surface area contributed by atoms with Gasteiger partial charge in [-0.2, -0.15) is 5.26 Å². The third kappa shape index (κ3) is 4.33. The third-order valence-corrected chi connectivity index (χ3v) is 4.07. The summed E-state index contributed by atoms with van der Waals surface area (Å²) >= 11 is 0. The molecule has 0 atom stereocenters. The van der Waals surface area contributed by atoms with E-state index in [0.717, 1.165) is 57.1 Å². The van der Waals surface area contributed by atoms with Crippen molar-refractivity contribution in [2.24, 2.45) is 5.41 Å². The average Bonchev–Trinajstić information content (AvgIpc) is 2.48. The minimum atomic E-state index is -0.204. The second kappa shape index (κ2) is 6.77. The molecule has 1 fully saturated rings. The van der Waals surface area contributed by atoms with Crippen LogP contribution in [0.1, 0.15) is 26.7 Å².